The van der Waals surface area contributed by atoms with E-state index in [9.17, 15) is 13.6 Å². The van der Waals surface area contributed by atoms with E-state index < -0.39 is 5.92 Å². The van der Waals surface area contributed by atoms with Crippen LogP contribution in [0.25, 0.3) is 0 Å². The molecule has 0 aromatic carbocycles. The topological polar surface area (TPSA) is 36.4 Å². The Morgan fingerprint density at radius 2 is 2.05 bits per heavy atom. The molecule has 1 unspecified atom stereocenters. The highest BCUT2D eigenvalue weighted by molar-refractivity contribution is 5.79. The molecule has 2 saturated heterocycles. The van der Waals surface area contributed by atoms with Crippen LogP contribution in [-0.2, 0) is 11.3 Å². The highest BCUT2D eigenvalue weighted by Crippen LogP contribution is 2.29. The van der Waals surface area contributed by atoms with E-state index in [1.54, 1.807) is 11.1 Å². The molecular weight excluding hydrogens is 288 g/mol. The van der Waals surface area contributed by atoms with Crippen molar-refractivity contribution in [1.29, 1.82) is 0 Å². The molecule has 2 aliphatic rings. The van der Waals surface area contributed by atoms with Gasteiger partial charge in [0.2, 0.25) is 5.91 Å². The minimum Gasteiger partial charge on any atom is -0.342 e. The van der Waals surface area contributed by atoms with E-state index in [1.165, 1.54) is 0 Å². The second-order valence-corrected chi connectivity index (χ2v) is 6.22. The lowest BCUT2D eigenvalue weighted by atomic mass is 10.0. The van der Waals surface area contributed by atoms with Crippen molar-refractivity contribution in [1.82, 2.24) is 14.8 Å². The minimum absolute atomic E-state index is 0.0408. The molecule has 2 fully saturated rings. The maximum absolute atomic E-state index is 13.2. The van der Waals surface area contributed by atoms with Crippen molar-refractivity contribution in [2.45, 2.75) is 31.7 Å². The molecular formula is C16H21F2N3O. The van der Waals surface area contributed by atoms with Crippen LogP contribution < -0.4 is 0 Å². The van der Waals surface area contributed by atoms with Gasteiger partial charge in [-0.2, -0.15) is 0 Å². The third-order valence-corrected chi connectivity index (χ3v) is 4.54. The fourth-order valence-corrected chi connectivity index (χ4v) is 3.21. The first-order valence-corrected chi connectivity index (χ1v) is 7.82. The lowest BCUT2D eigenvalue weighted by Crippen LogP contribution is -2.45. The van der Waals surface area contributed by atoms with Crippen molar-refractivity contribution >= 4 is 5.91 Å². The molecule has 1 aromatic heterocycles. The number of carbonyl (C=O) groups is 1. The Balaban J connectivity index is 1.51. The van der Waals surface area contributed by atoms with Crippen molar-refractivity contribution in [3.8, 4) is 0 Å². The van der Waals surface area contributed by atoms with Crippen molar-refractivity contribution in [2.75, 3.05) is 26.2 Å². The first-order chi connectivity index (χ1) is 10.5. The van der Waals surface area contributed by atoms with Crippen LogP contribution in [-0.4, -0.2) is 52.8 Å². The Morgan fingerprint density at radius 3 is 2.73 bits per heavy atom. The molecule has 3 rings (SSSR count). The number of alkyl halides is 2. The molecule has 0 radical (unpaired) electrons. The summed E-state index contributed by atoms with van der Waals surface area (Å²) in [5.74, 6) is -2.62. The highest BCUT2D eigenvalue weighted by Gasteiger charge is 2.38. The van der Waals surface area contributed by atoms with E-state index in [2.05, 4.69) is 9.88 Å². The average molecular weight is 309 g/mol. The molecule has 0 bridgehead atoms. The van der Waals surface area contributed by atoms with Gasteiger partial charge in [-0.05, 0) is 25.1 Å². The number of halogens is 2. The summed E-state index contributed by atoms with van der Waals surface area (Å²) >= 11 is 0. The van der Waals surface area contributed by atoms with Crippen molar-refractivity contribution in [3.05, 3.63) is 30.1 Å². The number of aromatic nitrogens is 1. The van der Waals surface area contributed by atoms with E-state index in [0.717, 1.165) is 25.2 Å². The number of hydrogen-bond donors (Lipinski definition) is 0. The summed E-state index contributed by atoms with van der Waals surface area (Å²) in [6, 6.07) is 5.81. The van der Waals surface area contributed by atoms with Gasteiger partial charge in [0.1, 0.15) is 0 Å². The Morgan fingerprint density at radius 1 is 1.27 bits per heavy atom. The zero-order chi connectivity index (χ0) is 15.6. The molecule has 0 aliphatic carbocycles. The van der Waals surface area contributed by atoms with Crippen LogP contribution >= 0.6 is 0 Å². The second kappa shape index (κ2) is 6.28. The van der Waals surface area contributed by atoms with Crippen LogP contribution in [0, 0.1) is 5.92 Å². The van der Waals surface area contributed by atoms with Gasteiger partial charge < -0.3 is 4.90 Å². The molecule has 2 aliphatic heterocycles. The monoisotopic (exact) mass is 309 g/mol. The van der Waals surface area contributed by atoms with Crippen LogP contribution in [0.5, 0.6) is 0 Å². The third-order valence-electron chi connectivity index (χ3n) is 4.54. The minimum atomic E-state index is -2.60. The Bertz CT molecular complexity index is 513. The molecule has 0 spiro atoms. The van der Waals surface area contributed by atoms with Gasteiger partial charge >= 0.3 is 0 Å². The van der Waals surface area contributed by atoms with Crippen LogP contribution in [0.4, 0.5) is 8.78 Å². The number of pyridine rings is 1. The lowest BCUT2D eigenvalue weighted by molar-refractivity contribution is -0.141. The maximum Gasteiger partial charge on any atom is 0.251 e. The summed E-state index contributed by atoms with van der Waals surface area (Å²) in [6.07, 6.45) is 2.16. The van der Waals surface area contributed by atoms with Crippen LogP contribution in [0.1, 0.15) is 25.0 Å². The van der Waals surface area contributed by atoms with Gasteiger partial charge in [0, 0.05) is 45.2 Å². The van der Waals surface area contributed by atoms with Crippen molar-refractivity contribution < 1.29 is 13.6 Å². The zero-order valence-corrected chi connectivity index (χ0v) is 12.5. The largest absolute Gasteiger partial charge is 0.342 e. The summed E-state index contributed by atoms with van der Waals surface area (Å²) in [7, 11) is 0. The summed E-state index contributed by atoms with van der Waals surface area (Å²) in [6.45, 7) is 2.66. The number of amides is 1. The predicted molar refractivity (Wildman–Crippen MR) is 78.4 cm³/mol. The van der Waals surface area contributed by atoms with Gasteiger partial charge in [-0.25, -0.2) is 8.78 Å². The number of hydrogen-bond acceptors (Lipinski definition) is 3. The first kappa shape index (κ1) is 15.3. The Hall–Kier alpha value is -1.56. The average Bonchev–Trinajstić information content (AvgIpc) is 2.96. The molecule has 120 valence electrons. The Kier molecular flexibility index (Phi) is 4.38. The van der Waals surface area contributed by atoms with Gasteiger partial charge in [0.05, 0.1) is 11.6 Å². The molecule has 1 aromatic rings. The quantitative estimate of drug-likeness (QED) is 0.858. The number of rotatable bonds is 3. The van der Waals surface area contributed by atoms with Gasteiger partial charge in [-0.3, -0.25) is 14.7 Å². The molecule has 1 amide bonds. The van der Waals surface area contributed by atoms with Crippen LogP contribution in [0.2, 0.25) is 0 Å². The maximum atomic E-state index is 13.2. The van der Waals surface area contributed by atoms with Gasteiger partial charge in [0.15, 0.2) is 0 Å². The van der Waals surface area contributed by atoms with E-state index in [-0.39, 0.29) is 37.8 Å². The third kappa shape index (κ3) is 3.61. The van der Waals surface area contributed by atoms with Gasteiger partial charge in [-0.15, -0.1) is 0 Å². The highest BCUT2D eigenvalue weighted by atomic mass is 19.3. The standard InChI is InChI=1S/C16H21F2N3O/c17-16(18)5-9-21(10-6-16)15(22)13-4-8-20(11-13)12-14-3-1-2-7-19-14/h1-3,7,13H,4-6,8-12H2. The normalized spacial score (nSPS) is 25.4. The van der Waals surface area contributed by atoms with Crippen molar-refractivity contribution in [3.63, 3.8) is 0 Å². The second-order valence-electron chi connectivity index (χ2n) is 6.22. The number of likely N-dealkylation sites (tertiary alicyclic amines) is 2. The molecule has 22 heavy (non-hydrogen) atoms. The van der Waals surface area contributed by atoms with E-state index in [0.29, 0.717) is 6.54 Å². The van der Waals surface area contributed by atoms with Crippen molar-refractivity contribution in [2.24, 2.45) is 5.92 Å². The summed E-state index contributed by atoms with van der Waals surface area (Å²) in [5, 5.41) is 0. The smallest absolute Gasteiger partial charge is 0.251 e. The van der Waals surface area contributed by atoms with E-state index >= 15 is 0 Å². The Labute approximate surface area is 129 Å². The fraction of sp³-hybridized carbons (Fsp3) is 0.625. The SMILES string of the molecule is O=C(C1CCN(Cc2ccccn2)C1)N1CCC(F)(F)CC1. The summed E-state index contributed by atoms with van der Waals surface area (Å²) < 4.78 is 26.3. The van der Waals surface area contributed by atoms with E-state index in [1.807, 2.05) is 18.2 Å². The van der Waals surface area contributed by atoms with Crippen LogP contribution in [0.3, 0.4) is 0 Å². The fourth-order valence-electron chi connectivity index (χ4n) is 3.21. The van der Waals surface area contributed by atoms with Gasteiger partial charge in [-0.1, -0.05) is 6.07 Å². The lowest BCUT2D eigenvalue weighted by Gasteiger charge is -2.33. The predicted octanol–water partition coefficient (Wildman–Crippen LogP) is 2.16. The molecule has 6 heteroatoms. The molecule has 3 heterocycles. The molecule has 0 saturated carbocycles. The molecule has 4 nitrogen and oxygen atoms in total. The number of piperidine rings is 1. The number of carbonyl (C=O) groups excluding carboxylic acids is 1. The summed E-state index contributed by atoms with van der Waals surface area (Å²) in [4.78, 5) is 20.6. The summed E-state index contributed by atoms with van der Waals surface area (Å²) in [5.41, 5.74) is 0.994. The first-order valence-electron chi connectivity index (χ1n) is 7.82. The van der Waals surface area contributed by atoms with Gasteiger partial charge in [0.25, 0.3) is 5.92 Å². The zero-order valence-electron chi connectivity index (χ0n) is 12.5. The number of nitrogens with zero attached hydrogens (tertiary/aromatic N) is 3. The molecule has 0 N–H and O–H groups in total. The van der Waals surface area contributed by atoms with Crippen LogP contribution in [0.15, 0.2) is 24.4 Å². The van der Waals surface area contributed by atoms with E-state index in [4.69, 9.17) is 0 Å². The molecule has 1 atom stereocenters.